The maximum absolute atomic E-state index is 12.2. The average Bonchev–Trinajstić information content (AvgIpc) is 3.22. The lowest BCUT2D eigenvalue weighted by molar-refractivity contribution is 0.171. The first-order valence-corrected chi connectivity index (χ1v) is 13.0. The number of anilines is 1. The minimum Gasteiger partial charge on any atom is -0.486 e. The van der Waals surface area contributed by atoms with Crippen molar-refractivity contribution in [3.05, 3.63) is 54.1 Å². The quantitative estimate of drug-likeness (QED) is 0.660. The van der Waals surface area contributed by atoms with Crippen LogP contribution in [-0.4, -0.2) is 56.1 Å². The number of rotatable bonds is 5. The number of thioether (sulfide) groups is 1. The third kappa shape index (κ3) is 4.03. The van der Waals surface area contributed by atoms with Crippen LogP contribution in [0.4, 0.5) is 5.69 Å². The molecule has 1 saturated heterocycles. The number of fused-ring (bicyclic) bond motifs is 2. The molecule has 1 fully saturated rings. The summed E-state index contributed by atoms with van der Waals surface area (Å²) >= 11 is 1.71. The van der Waals surface area contributed by atoms with Gasteiger partial charge in [-0.3, -0.25) is 4.99 Å². The highest BCUT2D eigenvalue weighted by molar-refractivity contribution is 8.14. The Hall–Kier alpha value is -2.19. The monoisotopic (exact) mass is 444 g/mol. The van der Waals surface area contributed by atoms with Crippen LogP contribution < -0.4 is 14.4 Å². The van der Waals surface area contributed by atoms with Crippen molar-refractivity contribution in [1.82, 2.24) is 0 Å². The third-order valence-electron chi connectivity index (χ3n) is 5.60. The smallest absolute Gasteiger partial charge is 0.164 e. The number of benzene rings is 2. The van der Waals surface area contributed by atoms with Crippen molar-refractivity contribution in [2.24, 2.45) is 4.99 Å². The zero-order chi connectivity index (χ0) is 20.6. The molecule has 0 amide bonds. The minimum atomic E-state index is -3.06. The van der Waals surface area contributed by atoms with E-state index in [1.54, 1.807) is 11.8 Å². The second-order valence-electron chi connectivity index (χ2n) is 7.76. The predicted octanol–water partition coefficient (Wildman–Crippen LogP) is 3.17. The normalized spacial score (nSPS) is 23.9. The SMILES string of the molecule is O=S1(=O)C[C@@H]2[C@@H](C1)N=C(SCCCc1ccccc1)N2c1ccc2c(c1)OCCO2. The van der Waals surface area contributed by atoms with Crippen molar-refractivity contribution in [3.8, 4) is 11.5 Å². The zero-order valence-electron chi connectivity index (χ0n) is 16.6. The van der Waals surface area contributed by atoms with Gasteiger partial charge in [0.15, 0.2) is 26.5 Å². The van der Waals surface area contributed by atoms with E-state index in [0.717, 1.165) is 35.2 Å². The van der Waals surface area contributed by atoms with E-state index in [1.165, 1.54) is 5.56 Å². The van der Waals surface area contributed by atoms with E-state index in [-0.39, 0.29) is 23.6 Å². The average molecular weight is 445 g/mol. The predicted molar refractivity (Wildman–Crippen MR) is 121 cm³/mol. The Labute approximate surface area is 181 Å². The first-order valence-electron chi connectivity index (χ1n) is 10.2. The number of aryl methyl sites for hydroxylation is 1. The summed E-state index contributed by atoms with van der Waals surface area (Å²) in [6.07, 6.45) is 2.06. The summed E-state index contributed by atoms with van der Waals surface area (Å²) < 4.78 is 35.8. The summed E-state index contributed by atoms with van der Waals surface area (Å²) in [5.74, 6) is 2.64. The molecule has 0 radical (unpaired) electrons. The van der Waals surface area contributed by atoms with Crippen LogP contribution in [0.25, 0.3) is 0 Å². The van der Waals surface area contributed by atoms with Gasteiger partial charge in [0.05, 0.1) is 23.6 Å². The molecule has 3 heterocycles. The lowest BCUT2D eigenvalue weighted by Gasteiger charge is -2.28. The first kappa shape index (κ1) is 19.8. The van der Waals surface area contributed by atoms with Crippen molar-refractivity contribution in [2.75, 3.05) is 35.4 Å². The Balaban J connectivity index is 1.34. The van der Waals surface area contributed by atoms with Gasteiger partial charge in [0.2, 0.25) is 0 Å². The number of hydrogen-bond acceptors (Lipinski definition) is 7. The van der Waals surface area contributed by atoms with E-state index < -0.39 is 9.84 Å². The Morgan fingerprint density at radius 3 is 2.67 bits per heavy atom. The summed E-state index contributed by atoms with van der Waals surface area (Å²) in [5, 5.41) is 0.907. The van der Waals surface area contributed by atoms with Crippen LogP contribution in [0.1, 0.15) is 12.0 Å². The van der Waals surface area contributed by atoms with E-state index in [9.17, 15) is 8.42 Å². The molecule has 0 aliphatic carbocycles. The summed E-state index contributed by atoms with van der Waals surface area (Å²) in [6.45, 7) is 1.06. The highest BCUT2D eigenvalue weighted by Crippen LogP contribution is 2.40. The Morgan fingerprint density at radius 1 is 1.03 bits per heavy atom. The van der Waals surface area contributed by atoms with Crippen molar-refractivity contribution in [2.45, 2.75) is 24.9 Å². The van der Waals surface area contributed by atoms with Gasteiger partial charge in [0.25, 0.3) is 0 Å². The van der Waals surface area contributed by atoms with E-state index in [4.69, 9.17) is 14.5 Å². The molecule has 30 heavy (non-hydrogen) atoms. The Bertz CT molecular complexity index is 1060. The molecular weight excluding hydrogens is 420 g/mol. The van der Waals surface area contributed by atoms with Gasteiger partial charge < -0.3 is 14.4 Å². The van der Waals surface area contributed by atoms with E-state index in [0.29, 0.717) is 19.0 Å². The summed E-state index contributed by atoms with van der Waals surface area (Å²) in [4.78, 5) is 6.91. The maximum Gasteiger partial charge on any atom is 0.164 e. The minimum absolute atomic E-state index is 0.132. The van der Waals surface area contributed by atoms with Crippen LogP contribution in [0.15, 0.2) is 53.5 Å². The molecule has 0 N–H and O–H groups in total. The van der Waals surface area contributed by atoms with Gasteiger partial charge >= 0.3 is 0 Å². The van der Waals surface area contributed by atoms with Crippen LogP contribution in [0.2, 0.25) is 0 Å². The summed E-state index contributed by atoms with van der Waals surface area (Å²) in [5.41, 5.74) is 2.25. The number of nitrogens with zero attached hydrogens (tertiary/aromatic N) is 2. The van der Waals surface area contributed by atoms with Crippen LogP contribution in [0.5, 0.6) is 11.5 Å². The van der Waals surface area contributed by atoms with E-state index in [2.05, 4.69) is 29.2 Å². The molecule has 2 aromatic carbocycles. The molecule has 158 valence electrons. The molecule has 3 aliphatic heterocycles. The van der Waals surface area contributed by atoms with Crippen LogP contribution in [0.3, 0.4) is 0 Å². The van der Waals surface area contributed by atoms with Crippen molar-refractivity contribution in [1.29, 1.82) is 0 Å². The summed E-state index contributed by atoms with van der Waals surface area (Å²) in [7, 11) is -3.06. The molecule has 0 spiro atoms. The molecular formula is C22H24N2O4S2. The van der Waals surface area contributed by atoms with Gasteiger partial charge in [-0.2, -0.15) is 0 Å². The van der Waals surface area contributed by atoms with Gasteiger partial charge in [-0.05, 0) is 30.5 Å². The lowest BCUT2D eigenvalue weighted by Crippen LogP contribution is -2.39. The number of aliphatic imine (C=N–C) groups is 1. The first-order chi connectivity index (χ1) is 14.6. The molecule has 3 aliphatic rings. The van der Waals surface area contributed by atoms with E-state index >= 15 is 0 Å². The molecule has 0 saturated carbocycles. The lowest BCUT2D eigenvalue weighted by atomic mass is 10.1. The van der Waals surface area contributed by atoms with Crippen LogP contribution >= 0.6 is 11.8 Å². The molecule has 2 aromatic rings. The maximum atomic E-state index is 12.2. The molecule has 0 bridgehead atoms. The second-order valence-corrected chi connectivity index (χ2v) is 11.0. The van der Waals surface area contributed by atoms with E-state index in [1.807, 2.05) is 24.3 Å². The van der Waals surface area contributed by atoms with Crippen molar-refractivity contribution >= 4 is 32.5 Å². The van der Waals surface area contributed by atoms with Gasteiger partial charge in [0.1, 0.15) is 13.2 Å². The topological polar surface area (TPSA) is 68.2 Å². The Morgan fingerprint density at radius 2 is 1.83 bits per heavy atom. The van der Waals surface area contributed by atoms with Crippen LogP contribution in [-0.2, 0) is 16.3 Å². The largest absolute Gasteiger partial charge is 0.486 e. The van der Waals surface area contributed by atoms with Crippen LogP contribution in [0, 0.1) is 0 Å². The molecule has 6 nitrogen and oxygen atoms in total. The molecule has 2 atom stereocenters. The van der Waals surface area contributed by atoms with Gasteiger partial charge in [-0.1, -0.05) is 42.1 Å². The molecule has 0 aromatic heterocycles. The summed E-state index contributed by atoms with van der Waals surface area (Å²) in [6, 6.07) is 15.9. The number of hydrogen-bond donors (Lipinski definition) is 0. The standard InChI is InChI=1S/C22H24N2O4S2/c25-30(26)14-18-19(15-30)24(17-8-9-20-21(13-17)28-11-10-27-20)22(23-18)29-12-4-7-16-5-2-1-3-6-16/h1-3,5-6,8-9,13,18-19H,4,7,10-12,14-15H2/t18-,19-/m1/s1. The van der Waals surface area contributed by atoms with Crippen molar-refractivity contribution < 1.29 is 17.9 Å². The Kier molecular flexibility index (Phi) is 5.37. The number of amidine groups is 1. The third-order valence-corrected chi connectivity index (χ3v) is 8.35. The van der Waals surface area contributed by atoms with Gasteiger partial charge in [-0.25, -0.2) is 8.42 Å². The number of sulfone groups is 1. The van der Waals surface area contributed by atoms with Gasteiger partial charge in [0, 0.05) is 17.5 Å². The fourth-order valence-electron chi connectivity index (χ4n) is 4.20. The highest BCUT2D eigenvalue weighted by Gasteiger charge is 2.47. The van der Waals surface area contributed by atoms with Gasteiger partial charge in [-0.15, -0.1) is 0 Å². The fourth-order valence-corrected chi connectivity index (χ4v) is 7.11. The number of ether oxygens (including phenoxy) is 2. The second kappa shape index (κ2) is 8.15. The molecule has 5 rings (SSSR count). The highest BCUT2D eigenvalue weighted by atomic mass is 32.2. The zero-order valence-corrected chi connectivity index (χ0v) is 18.2. The molecule has 8 heteroatoms. The molecule has 0 unspecified atom stereocenters. The van der Waals surface area contributed by atoms with Crippen molar-refractivity contribution in [3.63, 3.8) is 0 Å². The fraction of sp³-hybridized carbons (Fsp3) is 0.409.